The highest BCUT2D eigenvalue weighted by Gasteiger charge is 2.19. The van der Waals surface area contributed by atoms with Gasteiger partial charge >= 0.3 is 0 Å². The quantitative estimate of drug-likeness (QED) is 0.903. The van der Waals surface area contributed by atoms with Crippen LogP contribution < -0.4 is 0 Å². The first kappa shape index (κ1) is 11.4. The highest BCUT2D eigenvalue weighted by molar-refractivity contribution is 9.10. The van der Waals surface area contributed by atoms with Gasteiger partial charge in [-0.25, -0.2) is 0 Å². The molecule has 1 aromatic carbocycles. The maximum Gasteiger partial charge on any atom is 0.135 e. The van der Waals surface area contributed by atoms with Crippen LogP contribution in [0.4, 0.5) is 0 Å². The second-order valence-corrected chi connectivity index (χ2v) is 4.31. The molecule has 0 saturated heterocycles. The molecule has 0 fully saturated rings. The topological polar surface area (TPSA) is 37.3 Å². The Balaban J connectivity index is 2.84. The van der Waals surface area contributed by atoms with Gasteiger partial charge in [-0.05, 0) is 24.6 Å². The summed E-state index contributed by atoms with van der Waals surface area (Å²) in [4.78, 5) is 11.1. The van der Waals surface area contributed by atoms with Gasteiger partial charge in [0, 0.05) is 10.4 Å². The molecular weight excluding hydrogens is 244 g/mol. The van der Waals surface area contributed by atoms with Crippen LogP contribution in [0.15, 0.2) is 28.7 Å². The van der Waals surface area contributed by atoms with E-state index in [2.05, 4.69) is 15.9 Å². The lowest BCUT2D eigenvalue weighted by molar-refractivity contribution is -0.123. The van der Waals surface area contributed by atoms with Crippen molar-refractivity contribution >= 4 is 21.7 Å². The first-order chi connectivity index (χ1) is 6.52. The Morgan fingerprint density at radius 2 is 1.86 bits per heavy atom. The number of aliphatic hydroxyl groups excluding tert-OH is 1. The van der Waals surface area contributed by atoms with Gasteiger partial charge in [0.2, 0.25) is 0 Å². The van der Waals surface area contributed by atoms with E-state index in [1.54, 1.807) is 6.92 Å². The predicted molar refractivity (Wildman–Crippen MR) is 58.9 cm³/mol. The molecule has 0 bridgehead atoms. The number of hydrogen-bond acceptors (Lipinski definition) is 2. The van der Waals surface area contributed by atoms with Crippen molar-refractivity contribution in [3.63, 3.8) is 0 Å². The molecule has 1 N–H and O–H groups in total. The number of benzene rings is 1. The fraction of sp³-hybridized carbons (Fsp3) is 0.364. The monoisotopic (exact) mass is 256 g/mol. The highest BCUT2D eigenvalue weighted by Crippen LogP contribution is 2.23. The normalized spacial score (nSPS) is 14.9. The summed E-state index contributed by atoms with van der Waals surface area (Å²) in [7, 11) is 0. The summed E-state index contributed by atoms with van der Waals surface area (Å²) < 4.78 is 0.962. The van der Waals surface area contributed by atoms with Crippen molar-refractivity contribution < 1.29 is 9.90 Å². The zero-order chi connectivity index (χ0) is 10.7. The van der Waals surface area contributed by atoms with Crippen LogP contribution in [0.2, 0.25) is 0 Å². The van der Waals surface area contributed by atoms with Crippen LogP contribution in [-0.2, 0) is 4.79 Å². The molecule has 0 unspecified atom stereocenters. The number of hydrogen-bond donors (Lipinski definition) is 1. The van der Waals surface area contributed by atoms with E-state index in [1.165, 1.54) is 6.92 Å². The Bertz CT molecular complexity index is 319. The minimum atomic E-state index is -0.708. The van der Waals surface area contributed by atoms with Crippen molar-refractivity contribution in [3.05, 3.63) is 34.3 Å². The molecular formula is C11H13BrO2. The molecule has 76 valence electrons. The molecule has 0 amide bonds. The van der Waals surface area contributed by atoms with E-state index < -0.39 is 6.10 Å². The number of Topliss-reactive ketones (excluding diaryl/α,β-unsaturated/α-hetero) is 1. The Kier molecular flexibility index (Phi) is 3.84. The fourth-order valence-electron chi connectivity index (χ4n) is 1.17. The van der Waals surface area contributed by atoms with Gasteiger partial charge in [0.1, 0.15) is 5.78 Å². The van der Waals surface area contributed by atoms with Gasteiger partial charge in [-0.15, -0.1) is 0 Å². The summed E-state index contributed by atoms with van der Waals surface area (Å²) in [6, 6.07) is 7.33. The van der Waals surface area contributed by atoms with E-state index in [0.717, 1.165) is 10.0 Å². The van der Waals surface area contributed by atoms with Crippen LogP contribution in [0.25, 0.3) is 0 Å². The Labute approximate surface area is 92.1 Å². The maximum absolute atomic E-state index is 11.1. The Morgan fingerprint density at radius 1 is 1.36 bits per heavy atom. The molecule has 1 aromatic rings. The number of aliphatic hydroxyl groups is 1. The standard InChI is InChI=1S/C11H13BrO2/c1-7(8(2)13)11(14)9-3-5-10(12)6-4-9/h3-7,11,14H,1-2H3/t7-,11-/m0/s1. The summed E-state index contributed by atoms with van der Waals surface area (Å²) in [5.41, 5.74) is 0.774. The Morgan fingerprint density at radius 3 is 2.29 bits per heavy atom. The smallest absolute Gasteiger partial charge is 0.135 e. The van der Waals surface area contributed by atoms with Crippen molar-refractivity contribution in [2.45, 2.75) is 20.0 Å². The van der Waals surface area contributed by atoms with E-state index in [-0.39, 0.29) is 11.7 Å². The van der Waals surface area contributed by atoms with E-state index >= 15 is 0 Å². The molecule has 1 rings (SSSR count). The first-order valence-corrected chi connectivity index (χ1v) is 5.25. The van der Waals surface area contributed by atoms with Gasteiger partial charge < -0.3 is 5.11 Å². The molecule has 3 heteroatoms. The SMILES string of the molecule is CC(=O)[C@H](C)[C@H](O)c1ccc(Br)cc1. The van der Waals surface area contributed by atoms with E-state index in [0.29, 0.717) is 0 Å². The minimum Gasteiger partial charge on any atom is -0.388 e. The van der Waals surface area contributed by atoms with Gasteiger partial charge in [0.15, 0.2) is 0 Å². The van der Waals surface area contributed by atoms with Crippen molar-refractivity contribution in [3.8, 4) is 0 Å². The van der Waals surface area contributed by atoms with Crippen LogP contribution >= 0.6 is 15.9 Å². The predicted octanol–water partition coefficient (Wildman–Crippen LogP) is 2.71. The fourth-order valence-corrected chi connectivity index (χ4v) is 1.44. The molecule has 2 atom stereocenters. The third kappa shape index (κ3) is 2.66. The molecule has 0 aliphatic rings. The molecule has 0 aromatic heterocycles. The number of carbonyl (C=O) groups is 1. The summed E-state index contributed by atoms with van der Waals surface area (Å²) >= 11 is 3.31. The second-order valence-electron chi connectivity index (χ2n) is 3.40. The zero-order valence-electron chi connectivity index (χ0n) is 8.20. The third-order valence-corrected chi connectivity index (χ3v) is 2.86. The van der Waals surface area contributed by atoms with Crippen LogP contribution in [-0.4, -0.2) is 10.9 Å². The lowest BCUT2D eigenvalue weighted by Gasteiger charge is -2.16. The Hall–Kier alpha value is -0.670. The van der Waals surface area contributed by atoms with E-state index in [1.807, 2.05) is 24.3 Å². The van der Waals surface area contributed by atoms with Gasteiger partial charge in [0.25, 0.3) is 0 Å². The molecule has 0 radical (unpaired) electrons. The number of carbonyl (C=O) groups excluding carboxylic acids is 1. The lowest BCUT2D eigenvalue weighted by Crippen LogP contribution is -2.16. The van der Waals surface area contributed by atoms with Crippen molar-refractivity contribution in [2.24, 2.45) is 5.92 Å². The summed E-state index contributed by atoms with van der Waals surface area (Å²) in [5, 5.41) is 9.81. The molecule has 0 aliphatic heterocycles. The summed E-state index contributed by atoms with van der Waals surface area (Å²) in [5.74, 6) is -0.350. The van der Waals surface area contributed by atoms with Crippen LogP contribution in [0.3, 0.4) is 0 Å². The number of ketones is 1. The first-order valence-electron chi connectivity index (χ1n) is 4.46. The van der Waals surface area contributed by atoms with E-state index in [9.17, 15) is 9.90 Å². The molecule has 14 heavy (non-hydrogen) atoms. The second kappa shape index (κ2) is 4.71. The van der Waals surface area contributed by atoms with Gasteiger partial charge in [-0.2, -0.15) is 0 Å². The average molecular weight is 257 g/mol. The average Bonchev–Trinajstić information content (AvgIpc) is 2.16. The largest absolute Gasteiger partial charge is 0.388 e. The van der Waals surface area contributed by atoms with Crippen LogP contribution in [0.5, 0.6) is 0 Å². The maximum atomic E-state index is 11.1. The van der Waals surface area contributed by atoms with E-state index in [4.69, 9.17) is 0 Å². The van der Waals surface area contributed by atoms with Crippen LogP contribution in [0.1, 0.15) is 25.5 Å². The van der Waals surface area contributed by atoms with Crippen molar-refractivity contribution in [2.75, 3.05) is 0 Å². The van der Waals surface area contributed by atoms with Gasteiger partial charge in [-0.1, -0.05) is 35.0 Å². The van der Waals surface area contributed by atoms with Gasteiger partial charge in [-0.3, -0.25) is 4.79 Å². The van der Waals surface area contributed by atoms with Gasteiger partial charge in [0.05, 0.1) is 6.10 Å². The molecule has 0 saturated carbocycles. The summed E-state index contributed by atoms with van der Waals surface area (Å²) in [6.07, 6.45) is -0.708. The highest BCUT2D eigenvalue weighted by atomic mass is 79.9. The lowest BCUT2D eigenvalue weighted by atomic mass is 9.95. The summed E-state index contributed by atoms with van der Waals surface area (Å²) in [6.45, 7) is 3.22. The number of rotatable bonds is 3. The zero-order valence-corrected chi connectivity index (χ0v) is 9.78. The molecule has 0 heterocycles. The van der Waals surface area contributed by atoms with Crippen molar-refractivity contribution in [1.82, 2.24) is 0 Å². The van der Waals surface area contributed by atoms with Crippen molar-refractivity contribution in [1.29, 1.82) is 0 Å². The third-order valence-electron chi connectivity index (χ3n) is 2.33. The minimum absolute atomic E-state index is 0.000388. The van der Waals surface area contributed by atoms with Crippen LogP contribution in [0, 0.1) is 5.92 Å². The number of halogens is 1. The molecule has 2 nitrogen and oxygen atoms in total. The molecule has 0 aliphatic carbocycles. The molecule has 0 spiro atoms.